The van der Waals surface area contributed by atoms with Crippen molar-refractivity contribution in [3.8, 4) is 0 Å². The van der Waals surface area contributed by atoms with Gasteiger partial charge in [-0.1, -0.05) is 19.3 Å². The highest BCUT2D eigenvalue weighted by Crippen LogP contribution is 2.36. The highest BCUT2D eigenvalue weighted by molar-refractivity contribution is 5.72. The predicted octanol–water partition coefficient (Wildman–Crippen LogP) is 2.25. The largest absolute Gasteiger partial charge is 0.481 e. The van der Waals surface area contributed by atoms with Crippen molar-refractivity contribution in [2.75, 3.05) is 13.7 Å². The van der Waals surface area contributed by atoms with E-state index in [-0.39, 0.29) is 6.42 Å². The maximum absolute atomic E-state index is 11.7. The maximum Gasteiger partial charge on any atom is 0.409 e. The van der Waals surface area contributed by atoms with Crippen molar-refractivity contribution in [1.29, 1.82) is 0 Å². The molecule has 0 saturated heterocycles. The molecule has 0 spiro atoms. The Balaban J connectivity index is 2.80. The Hall–Kier alpha value is -1.26. The second kappa shape index (κ2) is 5.89. The summed E-state index contributed by atoms with van der Waals surface area (Å²) in [4.78, 5) is 24.2. The first-order chi connectivity index (χ1) is 8.02. The first-order valence-electron chi connectivity index (χ1n) is 6.14. The van der Waals surface area contributed by atoms with Gasteiger partial charge in [-0.15, -0.1) is 0 Å². The molecule has 1 saturated carbocycles. The van der Waals surface area contributed by atoms with Gasteiger partial charge in [-0.2, -0.15) is 0 Å². The fraction of sp³-hybridized carbons (Fsp3) is 0.833. The lowest BCUT2D eigenvalue weighted by Crippen LogP contribution is -2.52. The number of carboxylic acid groups (broad SMARTS) is 1. The Kier molecular flexibility index (Phi) is 4.78. The lowest BCUT2D eigenvalue weighted by molar-refractivity contribution is -0.140. The summed E-state index contributed by atoms with van der Waals surface area (Å²) in [5.41, 5.74) is -0.559. The van der Waals surface area contributed by atoms with E-state index in [4.69, 9.17) is 9.84 Å². The molecule has 0 aromatic carbocycles. The molecule has 17 heavy (non-hydrogen) atoms. The number of carboxylic acids is 1. The molecule has 0 unspecified atom stereocenters. The van der Waals surface area contributed by atoms with Crippen LogP contribution >= 0.6 is 0 Å². The van der Waals surface area contributed by atoms with E-state index in [2.05, 4.69) is 0 Å². The topological polar surface area (TPSA) is 66.8 Å². The zero-order chi connectivity index (χ0) is 12.9. The standard InChI is InChI=1S/C12H21NO4/c1-3-17-11(16)13(2)12(9-10(14)15)7-5-4-6-8-12/h3-9H2,1-2H3,(H,14,15). The minimum atomic E-state index is -0.858. The molecule has 0 aromatic rings. The van der Waals surface area contributed by atoms with Crippen molar-refractivity contribution < 1.29 is 19.4 Å². The summed E-state index contributed by atoms with van der Waals surface area (Å²) in [6.45, 7) is 2.06. The van der Waals surface area contributed by atoms with E-state index in [1.165, 1.54) is 4.90 Å². The fourth-order valence-corrected chi connectivity index (χ4v) is 2.54. The normalized spacial score (nSPS) is 18.5. The Morgan fingerprint density at radius 3 is 2.35 bits per heavy atom. The molecule has 1 fully saturated rings. The lowest BCUT2D eigenvalue weighted by atomic mass is 9.78. The van der Waals surface area contributed by atoms with E-state index in [1.807, 2.05) is 0 Å². The number of carbonyl (C=O) groups excluding carboxylic acids is 1. The van der Waals surface area contributed by atoms with Crippen molar-refractivity contribution in [3.63, 3.8) is 0 Å². The van der Waals surface area contributed by atoms with E-state index in [0.717, 1.165) is 32.1 Å². The van der Waals surface area contributed by atoms with Crippen molar-refractivity contribution >= 4 is 12.1 Å². The van der Waals surface area contributed by atoms with Gasteiger partial charge in [-0.25, -0.2) is 4.79 Å². The number of hydrogen-bond donors (Lipinski definition) is 1. The van der Waals surface area contributed by atoms with Crippen LogP contribution in [0.3, 0.4) is 0 Å². The van der Waals surface area contributed by atoms with Gasteiger partial charge in [0.05, 0.1) is 18.6 Å². The zero-order valence-corrected chi connectivity index (χ0v) is 10.6. The molecular weight excluding hydrogens is 222 g/mol. The molecule has 5 heteroatoms. The van der Waals surface area contributed by atoms with Gasteiger partial charge in [0, 0.05) is 7.05 Å². The smallest absolute Gasteiger partial charge is 0.409 e. The molecule has 5 nitrogen and oxygen atoms in total. The number of carbonyl (C=O) groups is 2. The van der Waals surface area contributed by atoms with Crippen molar-refractivity contribution in [2.45, 2.75) is 51.0 Å². The average Bonchev–Trinajstić information content (AvgIpc) is 2.28. The van der Waals surface area contributed by atoms with Crippen LogP contribution in [0.4, 0.5) is 4.79 Å². The minimum Gasteiger partial charge on any atom is -0.481 e. The van der Waals surface area contributed by atoms with E-state index >= 15 is 0 Å². The summed E-state index contributed by atoms with van der Waals surface area (Å²) in [5, 5.41) is 9.01. The average molecular weight is 243 g/mol. The van der Waals surface area contributed by atoms with E-state index in [9.17, 15) is 9.59 Å². The Morgan fingerprint density at radius 1 is 1.29 bits per heavy atom. The van der Waals surface area contributed by atoms with E-state index in [0.29, 0.717) is 6.61 Å². The summed E-state index contributed by atoms with van der Waals surface area (Å²) >= 11 is 0. The summed E-state index contributed by atoms with van der Waals surface area (Å²) in [7, 11) is 1.65. The van der Waals surface area contributed by atoms with Crippen LogP contribution in [0.1, 0.15) is 45.4 Å². The Morgan fingerprint density at radius 2 is 1.88 bits per heavy atom. The molecule has 0 bridgehead atoms. The van der Waals surface area contributed by atoms with E-state index < -0.39 is 17.6 Å². The van der Waals surface area contributed by atoms with Crippen molar-refractivity contribution in [3.05, 3.63) is 0 Å². The lowest BCUT2D eigenvalue weighted by Gasteiger charge is -2.43. The third-order valence-electron chi connectivity index (χ3n) is 3.52. The fourth-order valence-electron chi connectivity index (χ4n) is 2.54. The van der Waals surface area contributed by atoms with Gasteiger partial charge in [0.25, 0.3) is 0 Å². The molecule has 1 N–H and O–H groups in total. The zero-order valence-electron chi connectivity index (χ0n) is 10.6. The molecule has 0 aromatic heterocycles. The van der Waals surface area contributed by atoms with Gasteiger partial charge in [-0.3, -0.25) is 4.79 Å². The van der Waals surface area contributed by atoms with Gasteiger partial charge >= 0.3 is 12.1 Å². The third-order valence-corrected chi connectivity index (χ3v) is 3.52. The van der Waals surface area contributed by atoms with E-state index in [1.54, 1.807) is 14.0 Å². The maximum atomic E-state index is 11.7. The monoisotopic (exact) mass is 243 g/mol. The van der Waals surface area contributed by atoms with Gasteiger partial charge < -0.3 is 14.7 Å². The van der Waals surface area contributed by atoms with Crippen LogP contribution in [0.25, 0.3) is 0 Å². The molecule has 0 heterocycles. The number of hydrogen-bond acceptors (Lipinski definition) is 3. The highest BCUT2D eigenvalue weighted by Gasteiger charge is 2.41. The molecule has 1 rings (SSSR count). The summed E-state index contributed by atoms with van der Waals surface area (Å²) in [6, 6.07) is 0. The summed E-state index contributed by atoms with van der Waals surface area (Å²) in [6.07, 6.45) is 4.12. The van der Waals surface area contributed by atoms with Crippen LogP contribution in [0.15, 0.2) is 0 Å². The highest BCUT2D eigenvalue weighted by atomic mass is 16.6. The third kappa shape index (κ3) is 3.35. The number of ether oxygens (including phenoxy) is 1. The van der Waals surface area contributed by atoms with Gasteiger partial charge in [-0.05, 0) is 19.8 Å². The Bertz CT molecular complexity index is 284. The van der Waals surface area contributed by atoms with Crippen LogP contribution < -0.4 is 0 Å². The minimum absolute atomic E-state index is 0.00230. The van der Waals surface area contributed by atoms with Crippen LogP contribution in [0.5, 0.6) is 0 Å². The number of amides is 1. The van der Waals surface area contributed by atoms with Crippen LogP contribution in [-0.4, -0.2) is 41.3 Å². The second-order valence-electron chi connectivity index (χ2n) is 4.61. The van der Waals surface area contributed by atoms with Crippen LogP contribution in [-0.2, 0) is 9.53 Å². The van der Waals surface area contributed by atoms with Crippen LogP contribution in [0, 0.1) is 0 Å². The molecule has 0 aliphatic heterocycles. The second-order valence-corrected chi connectivity index (χ2v) is 4.61. The van der Waals surface area contributed by atoms with Crippen molar-refractivity contribution in [2.24, 2.45) is 0 Å². The number of aliphatic carboxylic acids is 1. The molecule has 0 atom stereocenters. The van der Waals surface area contributed by atoms with Gasteiger partial charge in [0.1, 0.15) is 0 Å². The first kappa shape index (κ1) is 13.8. The molecule has 1 aliphatic rings. The van der Waals surface area contributed by atoms with Crippen LogP contribution in [0.2, 0.25) is 0 Å². The number of nitrogens with zero attached hydrogens (tertiary/aromatic N) is 1. The predicted molar refractivity (Wildman–Crippen MR) is 62.9 cm³/mol. The quantitative estimate of drug-likeness (QED) is 0.822. The van der Waals surface area contributed by atoms with Gasteiger partial charge in [0.2, 0.25) is 0 Å². The molecule has 0 radical (unpaired) electrons. The summed E-state index contributed by atoms with van der Waals surface area (Å²) in [5.74, 6) is -0.858. The van der Waals surface area contributed by atoms with Crippen molar-refractivity contribution in [1.82, 2.24) is 4.90 Å². The Labute approximate surface area is 102 Å². The molecular formula is C12H21NO4. The molecule has 98 valence electrons. The number of rotatable bonds is 4. The molecule has 1 amide bonds. The SMILES string of the molecule is CCOC(=O)N(C)C1(CC(=O)O)CCCCC1. The first-order valence-corrected chi connectivity index (χ1v) is 6.14. The summed E-state index contributed by atoms with van der Waals surface area (Å²) < 4.78 is 4.96. The van der Waals surface area contributed by atoms with Gasteiger partial charge in [0.15, 0.2) is 0 Å². The molecule has 1 aliphatic carbocycles.